The van der Waals surface area contributed by atoms with Crippen molar-refractivity contribution >= 4 is 11.6 Å². The van der Waals surface area contributed by atoms with Crippen LogP contribution in [0.15, 0.2) is 48.5 Å². The van der Waals surface area contributed by atoms with Gasteiger partial charge in [-0.2, -0.15) is 0 Å². The van der Waals surface area contributed by atoms with E-state index in [-0.39, 0.29) is 6.10 Å². The fraction of sp³-hybridized carbons (Fsp3) is 0.294. The van der Waals surface area contributed by atoms with Crippen molar-refractivity contribution in [1.82, 2.24) is 0 Å². The number of halogens is 1. The van der Waals surface area contributed by atoms with E-state index in [4.69, 9.17) is 16.3 Å². The van der Waals surface area contributed by atoms with Gasteiger partial charge in [-0.25, -0.2) is 0 Å². The van der Waals surface area contributed by atoms with Crippen LogP contribution in [0.25, 0.3) is 0 Å². The Bertz CT molecular complexity index is 597. The molecule has 0 saturated carbocycles. The molecular formula is C17H17ClO2. The fourth-order valence-electron chi connectivity index (χ4n) is 2.72. The third kappa shape index (κ3) is 2.88. The lowest BCUT2D eigenvalue weighted by Gasteiger charge is -2.27. The summed E-state index contributed by atoms with van der Waals surface area (Å²) >= 11 is 5.97. The maximum atomic E-state index is 10.4. The highest BCUT2D eigenvalue weighted by Gasteiger charge is 2.23. The van der Waals surface area contributed by atoms with Gasteiger partial charge in [-0.15, -0.1) is 0 Å². The summed E-state index contributed by atoms with van der Waals surface area (Å²) in [6.45, 7) is 0.712. The highest BCUT2D eigenvalue weighted by molar-refractivity contribution is 6.30. The minimum absolute atomic E-state index is 0.0473. The topological polar surface area (TPSA) is 29.5 Å². The zero-order chi connectivity index (χ0) is 13.9. The van der Waals surface area contributed by atoms with Gasteiger partial charge in [-0.3, -0.25) is 0 Å². The summed E-state index contributed by atoms with van der Waals surface area (Å²) in [7, 11) is 0. The Morgan fingerprint density at radius 1 is 1.20 bits per heavy atom. The normalized spacial score (nSPS) is 19.4. The van der Waals surface area contributed by atoms with Crippen molar-refractivity contribution in [2.24, 2.45) is 0 Å². The Hall–Kier alpha value is -1.35. The van der Waals surface area contributed by atoms with Gasteiger partial charge in [0.15, 0.2) is 0 Å². The van der Waals surface area contributed by atoms with Crippen molar-refractivity contribution in [2.45, 2.75) is 25.0 Å². The molecule has 2 aromatic rings. The summed E-state index contributed by atoms with van der Waals surface area (Å²) in [5, 5.41) is 11.0. The molecule has 104 valence electrons. The van der Waals surface area contributed by atoms with Gasteiger partial charge in [0.25, 0.3) is 0 Å². The molecule has 0 amide bonds. The van der Waals surface area contributed by atoms with Gasteiger partial charge >= 0.3 is 0 Å². The van der Waals surface area contributed by atoms with E-state index in [0.29, 0.717) is 18.1 Å². The van der Waals surface area contributed by atoms with Gasteiger partial charge in [0.05, 0.1) is 18.8 Å². The quantitative estimate of drug-likeness (QED) is 0.922. The predicted octanol–water partition coefficient (Wildman–Crippen LogP) is 4.08. The molecule has 0 spiro atoms. The van der Waals surface area contributed by atoms with Crippen molar-refractivity contribution < 1.29 is 9.84 Å². The van der Waals surface area contributed by atoms with E-state index >= 15 is 0 Å². The van der Waals surface area contributed by atoms with Crippen LogP contribution in [-0.4, -0.2) is 11.7 Å². The van der Waals surface area contributed by atoms with Crippen molar-refractivity contribution in [3.05, 3.63) is 70.2 Å². The van der Waals surface area contributed by atoms with Crippen LogP contribution in [0.4, 0.5) is 0 Å². The molecule has 3 rings (SSSR count). The Balaban J connectivity index is 1.79. The van der Waals surface area contributed by atoms with Crippen LogP contribution < -0.4 is 0 Å². The molecule has 2 aromatic carbocycles. The molecule has 0 aliphatic carbocycles. The second-order valence-electron chi connectivity index (χ2n) is 5.11. The summed E-state index contributed by atoms with van der Waals surface area (Å²) in [5.74, 6) is 0. The SMILES string of the molecule is OC(CC1OCCc2ccccc21)c1cccc(Cl)c1. The van der Waals surface area contributed by atoms with Crippen LogP contribution >= 0.6 is 11.6 Å². The maximum Gasteiger partial charge on any atom is 0.0855 e. The Labute approximate surface area is 124 Å². The van der Waals surface area contributed by atoms with E-state index in [0.717, 1.165) is 12.0 Å². The van der Waals surface area contributed by atoms with E-state index in [2.05, 4.69) is 18.2 Å². The molecule has 2 nitrogen and oxygen atoms in total. The number of aliphatic hydroxyl groups excluding tert-OH is 1. The summed E-state index contributed by atoms with van der Waals surface area (Å²) < 4.78 is 5.83. The standard InChI is InChI=1S/C17H17ClO2/c18-14-6-3-5-13(10-14)16(19)11-17-15-7-2-1-4-12(15)8-9-20-17/h1-7,10,16-17,19H,8-9,11H2. The Morgan fingerprint density at radius 2 is 2.05 bits per heavy atom. The summed E-state index contributed by atoms with van der Waals surface area (Å²) in [4.78, 5) is 0. The van der Waals surface area contributed by atoms with Gasteiger partial charge in [-0.1, -0.05) is 48.0 Å². The number of aliphatic hydroxyl groups is 1. The number of fused-ring (bicyclic) bond motifs is 1. The van der Waals surface area contributed by atoms with Crippen molar-refractivity contribution in [1.29, 1.82) is 0 Å². The molecule has 0 aromatic heterocycles. The lowest BCUT2D eigenvalue weighted by atomic mass is 9.92. The summed E-state index contributed by atoms with van der Waals surface area (Å²) in [5.41, 5.74) is 3.35. The lowest BCUT2D eigenvalue weighted by Crippen LogP contribution is -2.18. The summed E-state index contributed by atoms with van der Waals surface area (Å²) in [6.07, 6.45) is 0.885. The lowest BCUT2D eigenvalue weighted by molar-refractivity contribution is 0.00377. The first-order chi connectivity index (χ1) is 9.74. The number of rotatable bonds is 3. The zero-order valence-corrected chi connectivity index (χ0v) is 11.9. The molecule has 1 N–H and O–H groups in total. The van der Waals surface area contributed by atoms with Crippen LogP contribution in [0.1, 0.15) is 35.3 Å². The molecule has 0 fully saturated rings. The Morgan fingerprint density at radius 3 is 2.90 bits per heavy atom. The Kier molecular flexibility index (Phi) is 4.06. The average molecular weight is 289 g/mol. The molecule has 1 aliphatic heterocycles. The van der Waals surface area contributed by atoms with E-state index in [9.17, 15) is 5.11 Å². The second kappa shape index (κ2) is 5.96. The minimum Gasteiger partial charge on any atom is -0.388 e. The molecule has 2 unspecified atom stereocenters. The van der Waals surface area contributed by atoms with Gasteiger partial charge in [0.1, 0.15) is 0 Å². The molecule has 0 radical (unpaired) electrons. The van der Waals surface area contributed by atoms with Crippen LogP contribution in [0.2, 0.25) is 5.02 Å². The van der Waals surface area contributed by atoms with Crippen molar-refractivity contribution in [3.63, 3.8) is 0 Å². The monoisotopic (exact) mass is 288 g/mol. The third-order valence-electron chi connectivity index (χ3n) is 3.76. The first-order valence-corrected chi connectivity index (χ1v) is 7.25. The van der Waals surface area contributed by atoms with Gasteiger partial charge in [0.2, 0.25) is 0 Å². The van der Waals surface area contributed by atoms with Gasteiger partial charge < -0.3 is 9.84 Å². The molecule has 2 atom stereocenters. The highest BCUT2D eigenvalue weighted by Crippen LogP contribution is 2.34. The first-order valence-electron chi connectivity index (χ1n) is 6.87. The first kappa shape index (κ1) is 13.6. The molecule has 1 aliphatic rings. The fourth-order valence-corrected chi connectivity index (χ4v) is 2.92. The van der Waals surface area contributed by atoms with Crippen LogP contribution in [0.3, 0.4) is 0 Å². The maximum absolute atomic E-state index is 10.4. The van der Waals surface area contributed by atoms with Crippen LogP contribution in [0.5, 0.6) is 0 Å². The summed E-state index contributed by atoms with van der Waals surface area (Å²) in [6, 6.07) is 15.7. The third-order valence-corrected chi connectivity index (χ3v) is 4.00. The predicted molar refractivity (Wildman–Crippen MR) is 79.9 cm³/mol. The van der Waals surface area contributed by atoms with Crippen LogP contribution in [-0.2, 0) is 11.2 Å². The highest BCUT2D eigenvalue weighted by atomic mass is 35.5. The number of ether oxygens (including phenoxy) is 1. The number of hydrogen-bond acceptors (Lipinski definition) is 2. The van der Waals surface area contributed by atoms with E-state index < -0.39 is 6.10 Å². The smallest absolute Gasteiger partial charge is 0.0855 e. The second-order valence-corrected chi connectivity index (χ2v) is 5.55. The van der Waals surface area contributed by atoms with Gasteiger partial charge in [-0.05, 0) is 35.2 Å². The van der Waals surface area contributed by atoms with E-state index in [1.165, 1.54) is 11.1 Å². The van der Waals surface area contributed by atoms with Gasteiger partial charge in [0, 0.05) is 11.4 Å². The number of benzene rings is 2. The van der Waals surface area contributed by atoms with Crippen LogP contribution in [0, 0.1) is 0 Å². The number of hydrogen-bond donors (Lipinski definition) is 1. The molecule has 20 heavy (non-hydrogen) atoms. The van der Waals surface area contributed by atoms with E-state index in [1.54, 1.807) is 6.07 Å². The largest absolute Gasteiger partial charge is 0.388 e. The molecule has 0 bridgehead atoms. The zero-order valence-electron chi connectivity index (χ0n) is 11.1. The van der Waals surface area contributed by atoms with E-state index in [1.807, 2.05) is 24.3 Å². The molecule has 0 saturated heterocycles. The average Bonchev–Trinajstić information content (AvgIpc) is 2.47. The minimum atomic E-state index is -0.565. The molecule has 1 heterocycles. The van der Waals surface area contributed by atoms with Crippen molar-refractivity contribution in [2.75, 3.05) is 6.61 Å². The van der Waals surface area contributed by atoms with Crippen molar-refractivity contribution in [3.8, 4) is 0 Å². The molecular weight excluding hydrogens is 272 g/mol. The molecule has 3 heteroatoms.